The molecule has 2 fully saturated rings. The van der Waals surface area contributed by atoms with Gasteiger partial charge in [-0.2, -0.15) is 18.4 Å². The minimum atomic E-state index is -4.65. The van der Waals surface area contributed by atoms with Crippen LogP contribution < -0.4 is 0 Å². The predicted octanol–water partition coefficient (Wildman–Crippen LogP) is 3.11. The summed E-state index contributed by atoms with van der Waals surface area (Å²) in [7, 11) is -1.64. The normalized spacial score (nSPS) is 31.8. The van der Waals surface area contributed by atoms with E-state index < -0.39 is 44.8 Å². The maximum absolute atomic E-state index is 13.6. The Morgan fingerprint density at radius 3 is 2.58 bits per heavy atom. The van der Waals surface area contributed by atoms with E-state index in [0.717, 1.165) is 22.1 Å². The molecule has 2 aliphatic heterocycles. The van der Waals surface area contributed by atoms with Crippen molar-refractivity contribution in [2.24, 2.45) is 0 Å². The number of hydrogen-bond donors (Lipinski definition) is 1. The highest BCUT2D eigenvalue weighted by molar-refractivity contribution is 8.96. The van der Waals surface area contributed by atoms with Gasteiger partial charge in [0.05, 0.1) is 0 Å². The van der Waals surface area contributed by atoms with Gasteiger partial charge >= 0.3 is 12.1 Å². The van der Waals surface area contributed by atoms with E-state index in [1.807, 2.05) is 5.40 Å². The average molecular weight is 384 g/mol. The van der Waals surface area contributed by atoms with E-state index in [1.54, 1.807) is 0 Å². The lowest BCUT2D eigenvalue weighted by atomic mass is 10.2. The fourth-order valence-corrected chi connectivity index (χ4v) is 9.18. The Hall–Kier alpha value is -1.08. The number of rotatable bonds is 4. The van der Waals surface area contributed by atoms with Crippen LogP contribution in [0.3, 0.4) is 0 Å². The molecular weight excluding hydrogens is 365 g/mol. The van der Waals surface area contributed by atoms with Gasteiger partial charge in [0.1, 0.15) is 16.7 Å². The number of alkyl halides is 3. The average Bonchev–Trinajstić information content (AvgIpc) is 3.02. The molecular formula is C14H19F3N2O3S2. The van der Waals surface area contributed by atoms with Crippen LogP contribution in [0.25, 0.3) is 0 Å². The van der Waals surface area contributed by atoms with Crippen molar-refractivity contribution in [2.75, 3.05) is 18.1 Å². The van der Waals surface area contributed by atoms with Crippen LogP contribution in [-0.2, 0) is 9.59 Å². The first-order valence-electron chi connectivity index (χ1n) is 7.65. The van der Waals surface area contributed by atoms with Crippen LogP contribution in [0.2, 0.25) is 0 Å². The molecule has 0 radical (unpaired) electrons. The zero-order valence-corrected chi connectivity index (χ0v) is 14.6. The summed E-state index contributed by atoms with van der Waals surface area (Å²) in [5.74, 6) is -1.34. The van der Waals surface area contributed by atoms with Crippen molar-refractivity contribution >= 4 is 31.7 Å². The molecule has 2 unspecified atom stereocenters. The SMILES string of the molecule is N#CS1(C(CC(=O)N2CCC[C@H]2C(=O)O)C(F)(F)F)CCCCS1. The monoisotopic (exact) mass is 384 g/mol. The summed E-state index contributed by atoms with van der Waals surface area (Å²) >= 11 is 0. The van der Waals surface area contributed by atoms with Gasteiger partial charge in [0.15, 0.2) is 0 Å². The van der Waals surface area contributed by atoms with E-state index >= 15 is 0 Å². The second kappa shape index (κ2) is 7.44. The molecule has 0 aromatic carbocycles. The van der Waals surface area contributed by atoms with Gasteiger partial charge in [0.25, 0.3) is 0 Å². The maximum atomic E-state index is 13.6. The van der Waals surface area contributed by atoms with Crippen LogP contribution in [0.1, 0.15) is 32.1 Å². The number of thiocyanates is 1. The van der Waals surface area contributed by atoms with E-state index in [4.69, 9.17) is 5.11 Å². The van der Waals surface area contributed by atoms with Gasteiger partial charge in [0, 0.05) is 18.7 Å². The standard InChI is InChI=1S/C14H19F3N2O3S2/c15-14(16,17)11(24(9-18)7-2-1-6-23-24)8-12(20)19-5-3-4-10(19)13(21)22/h10-11H,1-8H2,(H,21,22)/t10-,11?/m0/s1. The van der Waals surface area contributed by atoms with Crippen LogP contribution >= 0.6 is 19.9 Å². The minimum absolute atomic E-state index is 0.155. The van der Waals surface area contributed by atoms with E-state index in [2.05, 4.69) is 0 Å². The van der Waals surface area contributed by atoms with Gasteiger partial charge in [-0.05, 0) is 31.4 Å². The Bertz CT molecular complexity index is 544. The molecule has 0 saturated carbocycles. The number of carbonyl (C=O) groups excluding carboxylic acids is 1. The summed E-state index contributed by atoms with van der Waals surface area (Å²) in [6.45, 7) is 0.155. The number of carboxylic acid groups (broad SMARTS) is 1. The van der Waals surface area contributed by atoms with Crippen molar-refractivity contribution in [3.8, 4) is 5.40 Å². The number of amides is 1. The van der Waals surface area contributed by atoms with Gasteiger partial charge in [0.2, 0.25) is 5.91 Å². The Morgan fingerprint density at radius 2 is 2.08 bits per heavy atom. The molecule has 2 rings (SSSR count). The molecule has 24 heavy (non-hydrogen) atoms. The summed E-state index contributed by atoms with van der Waals surface area (Å²) in [6, 6.07) is -1.06. The second-order valence-electron chi connectivity index (χ2n) is 5.87. The Labute approximate surface area is 143 Å². The molecule has 0 spiro atoms. The summed E-state index contributed by atoms with van der Waals surface area (Å²) in [5, 5.41) is 18.4. The summed E-state index contributed by atoms with van der Waals surface area (Å²) in [6.07, 6.45) is -3.44. The van der Waals surface area contributed by atoms with Crippen LogP contribution in [0, 0.1) is 10.7 Å². The highest BCUT2D eigenvalue weighted by Crippen LogP contribution is 2.69. The number of nitrogens with zero attached hydrogens (tertiary/aromatic N) is 2. The molecule has 136 valence electrons. The smallest absolute Gasteiger partial charge is 0.401 e. The summed E-state index contributed by atoms with van der Waals surface area (Å²) in [5.41, 5.74) is 0. The van der Waals surface area contributed by atoms with Crippen molar-refractivity contribution in [3.05, 3.63) is 0 Å². The minimum Gasteiger partial charge on any atom is -0.480 e. The summed E-state index contributed by atoms with van der Waals surface area (Å²) < 4.78 is 40.8. The highest BCUT2D eigenvalue weighted by Gasteiger charge is 2.53. The van der Waals surface area contributed by atoms with Crippen molar-refractivity contribution in [3.63, 3.8) is 0 Å². The molecule has 2 heterocycles. The number of halogens is 3. The molecule has 0 aromatic heterocycles. The van der Waals surface area contributed by atoms with Gasteiger partial charge in [-0.15, -0.1) is 0 Å². The van der Waals surface area contributed by atoms with Gasteiger partial charge in [-0.1, -0.05) is 19.9 Å². The number of carboxylic acids is 1. The molecule has 10 heteroatoms. The first kappa shape index (κ1) is 19.2. The lowest BCUT2D eigenvalue weighted by molar-refractivity contribution is -0.152. The number of nitriles is 1. The fourth-order valence-electron chi connectivity index (χ4n) is 3.11. The third kappa shape index (κ3) is 3.94. The van der Waals surface area contributed by atoms with Gasteiger partial charge in [-0.25, -0.2) is 4.79 Å². The number of carbonyl (C=O) groups is 2. The second-order valence-corrected chi connectivity index (χ2v) is 11.6. The van der Waals surface area contributed by atoms with Crippen molar-refractivity contribution in [2.45, 2.75) is 49.6 Å². The summed E-state index contributed by atoms with van der Waals surface area (Å²) in [4.78, 5) is 24.6. The first-order chi connectivity index (χ1) is 11.2. The van der Waals surface area contributed by atoms with Crippen LogP contribution in [0.5, 0.6) is 0 Å². The topological polar surface area (TPSA) is 81.4 Å². The third-order valence-electron chi connectivity index (χ3n) is 4.33. The molecule has 3 atom stereocenters. The zero-order chi connectivity index (χ0) is 18.0. The Morgan fingerprint density at radius 1 is 1.38 bits per heavy atom. The van der Waals surface area contributed by atoms with E-state index in [1.165, 1.54) is 0 Å². The molecule has 2 aliphatic rings. The van der Waals surface area contributed by atoms with E-state index in [-0.39, 0.29) is 18.7 Å². The first-order valence-corrected chi connectivity index (χ1v) is 11.0. The zero-order valence-electron chi connectivity index (χ0n) is 12.9. The Kier molecular flexibility index (Phi) is 5.96. The number of likely N-dealkylation sites (tertiary alicyclic amines) is 1. The van der Waals surface area contributed by atoms with Crippen LogP contribution in [-0.4, -0.2) is 57.4 Å². The largest absolute Gasteiger partial charge is 0.480 e. The molecule has 1 amide bonds. The van der Waals surface area contributed by atoms with E-state index in [9.17, 15) is 28.0 Å². The molecule has 5 nitrogen and oxygen atoms in total. The molecule has 0 aromatic rings. The highest BCUT2D eigenvalue weighted by atomic mass is 33.2. The van der Waals surface area contributed by atoms with Crippen LogP contribution in [0.15, 0.2) is 0 Å². The lowest BCUT2D eigenvalue weighted by Crippen LogP contribution is -2.45. The maximum Gasteiger partial charge on any atom is 0.401 e. The van der Waals surface area contributed by atoms with Crippen molar-refractivity contribution in [1.82, 2.24) is 4.90 Å². The predicted molar refractivity (Wildman–Crippen MR) is 86.6 cm³/mol. The lowest BCUT2D eigenvalue weighted by Gasteiger charge is -2.42. The molecule has 0 bridgehead atoms. The fraction of sp³-hybridized carbons (Fsp3) is 0.786. The molecule has 0 aliphatic carbocycles. The van der Waals surface area contributed by atoms with Gasteiger partial charge < -0.3 is 10.0 Å². The van der Waals surface area contributed by atoms with Crippen LogP contribution in [0.4, 0.5) is 13.2 Å². The number of aliphatic carboxylic acids is 1. The quantitative estimate of drug-likeness (QED) is 0.595. The molecule has 2 saturated heterocycles. The van der Waals surface area contributed by atoms with Gasteiger partial charge in [-0.3, -0.25) is 4.79 Å². The van der Waals surface area contributed by atoms with Crippen molar-refractivity contribution in [1.29, 1.82) is 5.26 Å². The van der Waals surface area contributed by atoms with Crippen molar-refractivity contribution < 1.29 is 27.9 Å². The number of hydrogen-bond acceptors (Lipinski definition) is 4. The third-order valence-corrected chi connectivity index (χ3v) is 10.9. The van der Waals surface area contributed by atoms with E-state index in [0.29, 0.717) is 18.6 Å². The molecule has 1 N–H and O–H groups in total. The Balaban J connectivity index is 2.22.